The Morgan fingerprint density at radius 1 is 1.25 bits per heavy atom. The molecule has 166 valence electrons. The number of rotatable bonds is 8. The number of imide groups is 1. The zero-order valence-electron chi connectivity index (χ0n) is 16.2. The maximum atomic E-state index is 13.6. The van der Waals surface area contributed by atoms with E-state index in [4.69, 9.17) is 16.3 Å². The van der Waals surface area contributed by atoms with Crippen LogP contribution in [0, 0.1) is 15.9 Å². The molecule has 0 atom stereocenters. The van der Waals surface area contributed by atoms with Crippen LogP contribution < -0.4 is 10.1 Å². The van der Waals surface area contributed by atoms with Crippen molar-refractivity contribution in [1.29, 1.82) is 0 Å². The average Bonchev–Trinajstić information content (AvgIpc) is 3.01. The van der Waals surface area contributed by atoms with Gasteiger partial charge in [0.1, 0.15) is 5.75 Å². The zero-order valence-corrected chi connectivity index (χ0v) is 17.8. The summed E-state index contributed by atoms with van der Waals surface area (Å²) in [6.45, 7) is -0.529. The van der Waals surface area contributed by atoms with Crippen LogP contribution in [-0.2, 0) is 9.59 Å². The largest absolute Gasteiger partial charge is 0.484 e. The predicted octanol–water partition coefficient (Wildman–Crippen LogP) is 3.62. The molecular weight excluding hydrogens is 465 g/mol. The van der Waals surface area contributed by atoms with E-state index in [1.54, 1.807) is 30.3 Å². The molecule has 0 saturated carbocycles. The van der Waals surface area contributed by atoms with Gasteiger partial charge in [-0.2, -0.15) is 4.39 Å². The summed E-state index contributed by atoms with van der Waals surface area (Å²) >= 11 is 6.62. The van der Waals surface area contributed by atoms with Crippen LogP contribution in [0.1, 0.15) is 5.56 Å². The molecule has 32 heavy (non-hydrogen) atoms. The Kier molecular flexibility index (Phi) is 7.44. The molecule has 1 aliphatic heterocycles. The lowest BCUT2D eigenvalue weighted by Crippen LogP contribution is -2.38. The molecule has 12 heteroatoms. The number of thioether (sulfide) groups is 1. The number of amides is 3. The van der Waals surface area contributed by atoms with Crippen LogP contribution in [0.5, 0.6) is 5.75 Å². The molecule has 0 bridgehead atoms. The molecule has 2 aromatic carbocycles. The first-order chi connectivity index (χ1) is 15.2. The molecule has 9 nitrogen and oxygen atoms in total. The Balaban J connectivity index is 1.47. The Bertz CT molecular complexity index is 1110. The fourth-order valence-corrected chi connectivity index (χ4v) is 3.63. The normalized spacial score (nSPS) is 14.7. The fraction of sp³-hybridized carbons (Fsp3) is 0.150. The summed E-state index contributed by atoms with van der Waals surface area (Å²) in [7, 11) is 0. The molecule has 0 spiro atoms. The van der Waals surface area contributed by atoms with E-state index < -0.39 is 40.1 Å². The fourth-order valence-electron chi connectivity index (χ4n) is 2.64. The van der Waals surface area contributed by atoms with Gasteiger partial charge in [-0.1, -0.05) is 23.7 Å². The van der Waals surface area contributed by atoms with E-state index in [1.165, 1.54) is 6.07 Å². The Morgan fingerprint density at radius 2 is 1.97 bits per heavy atom. The Labute approximate surface area is 190 Å². The van der Waals surface area contributed by atoms with Gasteiger partial charge in [0.15, 0.2) is 6.61 Å². The molecule has 3 rings (SSSR count). The second-order valence-electron chi connectivity index (χ2n) is 6.39. The van der Waals surface area contributed by atoms with Crippen molar-refractivity contribution in [2.45, 2.75) is 0 Å². The number of nitrogens with zero attached hydrogens (tertiary/aromatic N) is 2. The van der Waals surface area contributed by atoms with E-state index in [1.807, 2.05) is 0 Å². The Hall–Kier alpha value is -3.44. The zero-order chi connectivity index (χ0) is 23.3. The summed E-state index contributed by atoms with van der Waals surface area (Å²) in [5.74, 6) is -2.19. The second kappa shape index (κ2) is 10.2. The number of nitro groups is 1. The molecule has 0 unspecified atom stereocenters. The van der Waals surface area contributed by atoms with Crippen LogP contribution in [0.15, 0.2) is 47.4 Å². The topological polar surface area (TPSA) is 119 Å². The molecule has 1 heterocycles. The highest BCUT2D eigenvalue weighted by Gasteiger charge is 2.34. The highest BCUT2D eigenvalue weighted by Crippen LogP contribution is 2.32. The molecule has 0 aliphatic carbocycles. The molecule has 1 saturated heterocycles. The van der Waals surface area contributed by atoms with Gasteiger partial charge in [0.2, 0.25) is 5.82 Å². The van der Waals surface area contributed by atoms with Gasteiger partial charge in [0, 0.05) is 30.2 Å². The quantitative estimate of drug-likeness (QED) is 0.349. The maximum absolute atomic E-state index is 13.6. The molecule has 0 aromatic heterocycles. The third kappa shape index (κ3) is 5.83. The smallest absolute Gasteiger partial charge is 0.305 e. The summed E-state index contributed by atoms with van der Waals surface area (Å²) in [6.07, 6.45) is 1.58. The number of carbonyl (C=O) groups is 3. The molecular formula is C20H15ClFN3O6S. The first kappa shape index (κ1) is 23.2. The maximum Gasteiger partial charge on any atom is 0.305 e. The van der Waals surface area contributed by atoms with Gasteiger partial charge in [0.25, 0.3) is 17.1 Å². The van der Waals surface area contributed by atoms with Gasteiger partial charge in [0.05, 0.1) is 9.83 Å². The molecule has 2 aromatic rings. The number of nitrogens with one attached hydrogen (secondary N) is 1. The minimum Gasteiger partial charge on any atom is -0.484 e. The van der Waals surface area contributed by atoms with Crippen LogP contribution in [0.4, 0.5) is 14.9 Å². The van der Waals surface area contributed by atoms with Crippen molar-refractivity contribution in [3.8, 4) is 5.75 Å². The van der Waals surface area contributed by atoms with E-state index in [0.717, 1.165) is 28.8 Å². The molecule has 1 N–H and O–H groups in total. The Morgan fingerprint density at radius 3 is 2.62 bits per heavy atom. The lowest BCUT2D eigenvalue weighted by Gasteiger charge is -2.13. The number of ether oxygens (including phenoxy) is 1. The first-order valence-electron chi connectivity index (χ1n) is 9.09. The second-order valence-corrected chi connectivity index (χ2v) is 7.82. The van der Waals surface area contributed by atoms with Crippen molar-refractivity contribution in [3.63, 3.8) is 0 Å². The third-order valence-corrected chi connectivity index (χ3v) is 5.34. The minimum atomic E-state index is -1.08. The summed E-state index contributed by atoms with van der Waals surface area (Å²) in [5, 5.41) is 13.2. The van der Waals surface area contributed by atoms with E-state index in [-0.39, 0.29) is 23.7 Å². The van der Waals surface area contributed by atoms with Crippen molar-refractivity contribution in [2.75, 3.05) is 19.7 Å². The van der Waals surface area contributed by atoms with Crippen molar-refractivity contribution >= 4 is 52.2 Å². The van der Waals surface area contributed by atoms with Gasteiger partial charge in [-0.25, -0.2) is 0 Å². The van der Waals surface area contributed by atoms with Crippen molar-refractivity contribution in [3.05, 3.63) is 73.9 Å². The van der Waals surface area contributed by atoms with Gasteiger partial charge in [-0.05, 0) is 41.6 Å². The monoisotopic (exact) mass is 479 g/mol. The van der Waals surface area contributed by atoms with E-state index in [2.05, 4.69) is 5.32 Å². The minimum absolute atomic E-state index is 0.0108. The van der Waals surface area contributed by atoms with Crippen molar-refractivity contribution in [1.82, 2.24) is 10.2 Å². The number of nitro benzene ring substituents is 1. The van der Waals surface area contributed by atoms with Crippen LogP contribution in [0.25, 0.3) is 6.08 Å². The summed E-state index contributed by atoms with van der Waals surface area (Å²) in [4.78, 5) is 47.5. The highest BCUT2D eigenvalue weighted by molar-refractivity contribution is 8.18. The summed E-state index contributed by atoms with van der Waals surface area (Å²) in [6, 6.07) is 9.67. The molecule has 1 aliphatic rings. The predicted molar refractivity (Wildman–Crippen MR) is 116 cm³/mol. The van der Waals surface area contributed by atoms with Crippen LogP contribution in [0.3, 0.4) is 0 Å². The summed E-state index contributed by atoms with van der Waals surface area (Å²) in [5.41, 5.74) is 0.0112. The van der Waals surface area contributed by atoms with Gasteiger partial charge < -0.3 is 10.1 Å². The first-order valence-corrected chi connectivity index (χ1v) is 10.3. The molecule has 1 fully saturated rings. The van der Waals surface area contributed by atoms with Gasteiger partial charge in [-0.15, -0.1) is 0 Å². The third-order valence-electron chi connectivity index (χ3n) is 4.18. The van der Waals surface area contributed by atoms with Crippen molar-refractivity contribution in [2.24, 2.45) is 0 Å². The standard InChI is InChI=1S/C20H15ClFN3O6S/c21-13-3-1-12(2-4-13)9-17-19(27)24(20(28)32-17)8-7-23-18(26)11-31-14-5-6-16(25(29)30)15(22)10-14/h1-6,9-10H,7-8,11H2,(H,23,26)/b17-9+. The van der Waals surface area contributed by atoms with Gasteiger partial charge >= 0.3 is 5.69 Å². The molecule has 0 radical (unpaired) electrons. The van der Waals surface area contributed by atoms with E-state index >= 15 is 0 Å². The number of carbonyl (C=O) groups excluding carboxylic acids is 3. The van der Waals surface area contributed by atoms with Crippen LogP contribution >= 0.6 is 23.4 Å². The van der Waals surface area contributed by atoms with Gasteiger partial charge in [-0.3, -0.25) is 29.4 Å². The van der Waals surface area contributed by atoms with E-state index in [0.29, 0.717) is 10.6 Å². The number of hydrogen-bond donors (Lipinski definition) is 1. The molecule has 3 amide bonds. The summed E-state index contributed by atoms with van der Waals surface area (Å²) < 4.78 is 18.7. The average molecular weight is 480 g/mol. The number of halogens is 2. The van der Waals surface area contributed by atoms with Crippen molar-refractivity contribution < 1.29 is 28.4 Å². The number of benzene rings is 2. The lowest BCUT2D eigenvalue weighted by molar-refractivity contribution is -0.387. The van der Waals surface area contributed by atoms with Crippen LogP contribution in [0.2, 0.25) is 5.02 Å². The SMILES string of the molecule is O=C(COc1ccc([N+](=O)[O-])c(F)c1)NCCN1C(=O)S/C(=C/c2ccc(Cl)cc2)C1=O. The van der Waals surface area contributed by atoms with Crippen LogP contribution in [-0.4, -0.2) is 46.6 Å². The van der Waals surface area contributed by atoms with E-state index in [9.17, 15) is 28.9 Å². The number of hydrogen-bond acceptors (Lipinski definition) is 7. The highest BCUT2D eigenvalue weighted by atomic mass is 35.5. The lowest BCUT2D eigenvalue weighted by atomic mass is 10.2.